The summed E-state index contributed by atoms with van der Waals surface area (Å²) in [7, 11) is -1.67. The van der Waals surface area contributed by atoms with Crippen molar-refractivity contribution in [2.75, 3.05) is 30.4 Å². The molecule has 1 N–H and O–H groups in total. The number of hydrogen-bond acceptors (Lipinski definition) is 6. The van der Waals surface area contributed by atoms with Crippen LogP contribution in [0.2, 0.25) is 0 Å². The minimum absolute atomic E-state index is 0.00439. The monoisotopic (exact) mass is 528 g/mol. The quantitative estimate of drug-likeness (QED) is 0.409. The lowest BCUT2D eigenvalue weighted by molar-refractivity contribution is -0.274. The first-order valence-corrected chi connectivity index (χ1v) is 11.5. The Morgan fingerprint density at radius 1 is 0.917 bits per heavy atom. The zero-order chi connectivity index (χ0) is 26.5. The summed E-state index contributed by atoms with van der Waals surface area (Å²) < 4.78 is 92.2. The lowest BCUT2D eigenvalue weighted by atomic mass is 10.3. The Balaban J connectivity index is 1.89. The van der Waals surface area contributed by atoms with Crippen molar-refractivity contribution in [2.45, 2.75) is 11.3 Å². The first kappa shape index (κ1) is 26.6. The van der Waals surface area contributed by atoms with E-state index in [1.807, 2.05) is 0 Å². The van der Waals surface area contributed by atoms with Crippen LogP contribution in [0.1, 0.15) is 0 Å². The molecule has 36 heavy (non-hydrogen) atoms. The molecule has 3 aromatic rings. The van der Waals surface area contributed by atoms with E-state index in [1.54, 1.807) is 0 Å². The van der Waals surface area contributed by atoms with Crippen molar-refractivity contribution in [3.05, 3.63) is 72.5 Å². The van der Waals surface area contributed by atoms with Crippen LogP contribution in [0.4, 0.5) is 28.9 Å². The molecule has 13 heteroatoms. The van der Waals surface area contributed by atoms with Crippen molar-refractivity contribution in [2.24, 2.45) is 0 Å². The van der Waals surface area contributed by atoms with E-state index in [0.717, 1.165) is 40.7 Å². The Bertz CT molecular complexity index is 1310. The van der Waals surface area contributed by atoms with Crippen molar-refractivity contribution in [3.63, 3.8) is 0 Å². The summed E-state index contributed by atoms with van der Waals surface area (Å²) in [6.07, 6.45) is -4.88. The van der Waals surface area contributed by atoms with E-state index in [-0.39, 0.29) is 27.8 Å². The summed E-state index contributed by atoms with van der Waals surface area (Å²) >= 11 is 0. The number of rotatable bonds is 9. The van der Waals surface area contributed by atoms with Gasteiger partial charge in [0.1, 0.15) is 18.1 Å². The molecule has 0 aliphatic heterocycles. The summed E-state index contributed by atoms with van der Waals surface area (Å²) in [5.74, 6) is -1.52. The fraction of sp³-hybridized carbons (Fsp3) is 0.174. The number of halogens is 4. The number of alkyl halides is 3. The van der Waals surface area contributed by atoms with E-state index in [9.17, 15) is 30.8 Å². The maximum atomic E-state index is 13.5. The maximum absolute atomic E-state index is 13.5. The highest BCUT2D eigenvalue weighted by Crippen LogP contribution is 2.32. The molecule has 0 atom stereocenters. The molecule has 0 aromatic heterocycles. The Hall–Kier alpha value is -4.00. The highest BCUT2D eigenvalue weighted by atomic mass is 32.2. The lowest BCUT2D eigenvalue weighted by Gasteiger charge is -2.24. The first-order chi connectivity index (χ1) is 16.9. The zero-order valence-corrected chi connectivity index (χ0v) is 19.7. The van der Waals surface area contributed by atoms with Gasteiger partial charge in [0, 0.05) is 11.8 Å². The molecule has 3 aromatic carbocycles. The fourth-order valence-corrected chi connectivity index (χ4v) is 4.53. The predicted molar refractivity (Wildman–Crippen MR) is 122 cm³/mol. The SMILES string of the molecule is COc1ccc(S(=O)(=O)N(CC(=O)Nc2ccc(OC(F)(F)F)cc2)c2ccc(F)cc2)cc1OC. The molecule has 0 fully saturated rings. The second kappa shape index (κ2) is 10.7. The maximum Gasteiger partial charge on any atom is 0.573 e. The van der Waals surface area contributed by atoms with Crippen molar-refractivity contribution < 1.29 is 45.0 Å². The average Bonchev–Trinajstić information content (AvgIpc) is 2.83. The van der Waals surface area contributed by atoms with Gasteiger partial charge >= 0.3 is 6.36 Å². The third kappa shape index (κ3) is 6.56. The molecule has 0 aliphatic carbocycles. The van der Waals surface area contributed by atoms with Gasteiger partial charge in [0.25, 0.3) is 10.0 Å². The number of hydrogen-bond donors (Lipinski definition) is 1. The van der Waals surface area contributed by atoms with Crippen molar-refractivity contribution >= 4 is 27.3 Å². The molecule has 8 nitrogen and oxygen atoms in total. The van der Waals surface area contributed by atoms with Gasteiger partial charge < -0.3 is 19.5 Å². The smallest absolute Gasteiger partial charge is 0.493 e. The van der Waals surface area contributed by atoms with Crippen LogP contribution in [-0.2, 0) is 14.8 Å². The molecule has 0 bridgehead atoms. The number of amides is 1. The second-order valence-corrected chi connectivity index (χ2v) is 8.99. The van der Waals surface area contributed by atoms with Crippen LogP contribution in [0, 0.1) is 5.82 Å². The number of benzene rings is 3. The summed E-state index contributed by atoms with van der Waals surface area (Å²) in [5.41, 5.74) is 0.0901. The number of carbonyl (C=O) groups is 1. The van der Waals surface area contributed by atoms with Gasteiger partial charge in [-0.25, -0.2) is 12.8 Å². The van der Waals surface area contributed by atoms with Gasteiger partial charge in [-0.3, -0.25) is 9.10 Å². The summed E-state index contributed by atoms with van der Waals surface area (Å²) in [6, 6.07) is 12.6. The number of methoxy groups -OCH3 is 2. The normalized spacial score (nSPS) is 11.5. The van der Waals surface area contributed by atoms with Crippen LogP contribution in [0.3, 0.4) is 0 Å². The third-order valence-electron chi connectivity index (χ3n) is 4.72. The highest BCUT2D eigenvalue weighted by Gasteiger charge is 2.31. The Morgan fingerprint density at radius 3 is 2.08 bits per heavy atom. The molecule has 0 unspecified atom stereocenters. The number of nitrogens with zero attached hydrogens (tertiary/aromatic N) is 1. The molecule has 0 heterocycles. The molecule has 192 valence electrons. The van der Waals surface area contributed by atoms with Gasteiger partial charge in [0.05, 0.1) is 24.8 Å². The Kier molecular flexibility index (Phi) is 7.93. The standard InChI is InChI=1S/C23H20F4N2O6S/c1-33-20-12-11-19(13-21(20)34-2)36(31,32)29(17-7-3-15(24)4-8-17)14-22(30)28-16-5-9-18(10-6-16)35-23(25,26)27/h3-13H,14H2,1-2H3,(H,28,30). The molecular formula is C23H20F4N2O6S. The van der Waals surface area contributed by atoms with Gasteiger partial charge in [0.15, 0.2) is 11.5 Å². The van der Waals surface area contributed by atoms with Crippen molar-refractivity contribution in [1.82, 2.24) is 0 Å². The Morgan fingerprint density at radius 2 is 1.53 bits per heavy atom. The van der Waals surface area contributed by atoms with Crippen LogP contribution >= 0.6 is 0 Å². The number of ether oxygens (including phenoxy) is 3. The van der Waals surface area contributed by atoms with Gasteiger partial charge in [-0.1, -0.05) is 0 Å². The molecule has 0 aliphatic rings. The lowest BCUT2D eigenvalue weighted by Crippen LogP contribution is -2.38. The fourth-order valence-electron chi connectivity index (χ4n) is 3.10. The summed E-state index contributed by atoms with van der Waals surface area (Å²) in [6.45, 7) is -0.733. The molecule has 0 spiro atoms. The van der Waals surface area contributed by atoms with Crippen LogP contribution < -0.4 is 23.8 Å². The van der Waals surface area contributed by atoms with E-state index in [1.165, 1.54) is 44.6 Å². The average molecular weight is 528 g/mol. The summed E-state index contributed by atoms with van der Waals surface area (Å²) in [4.78, 5) is 12.5. The van der Waals surface area contributed by atoms with Gasteiger partial charge in [0.2, 0.25) is 5.91 Å². The number of carbonyl (C=O) groups excluding carboxylic acids is 1. The van der Waals surface area contributed by atoms with E-state index >= 15 is 0 Å². The molecule has 3 rings (SSSR count). The van der Waals surface area contributed by atoms with Gasteiger partial charge in [-0.15, -0.1) is 13.2 Å². The molecule has 0 radical (unpaired) electrons. The third-order valence-corrected chi connectivity index (χ3v) is 6.49. The zero-order valence-electron chi connectivity index (χ0n) is 18.9. The molecular weight excluding hydrogens is 508 g/mol. The topological polar surface area (TPSA) is 94.2 Å². The van der Waals surface area contributed by atoms with Crippen LogP contribution in [0.5, 0.6) is 17.2 Å². The number of nitrogens with one attached hydrogen (secondary N) is 1. The van der Waals surface area contributed by atoms with E-state index in [0.29, 0.717) is 0 Å². The van der Waals surface area contributed by atoms with Crippen molar-refractivity contribution in [1.29, 1.82) is 0 Å². The van der Waals surface area contributed by atoms with Crippen molar-refractivity contribution in [3.8, 4) is 17.2 Å². The van der Waals surface area contributed by atoms with E-state index in [2.05, 4.69) is 10.1 Å². The molecule has 0 saturated heterocycles. The Labute approximate surface area is 204 Å². The molecule has 0 saturated carbocycles. The molecule has 1 amide bonds. The predicted octanol–water partition coefficient (Wildman–Crippen LogP) is 4.58. The van der Waals surface area contributed by atoms with Crippen LogP contribution in [-0.4, -0.2) is 41.5 Å². The van der Waals surface area contributed by atoms with E-state index in [4.69, 9.17) is 9.47 Å². The minimum Gasteiger partial charge on any atom is -0.493 e. The van der Waals surface area contributed by atoms with Gasteiger partial charge in [-0.05, 0) is 60.7 Å². The van der Waals surface area contributed by atoms with Crippen LogP contribution in [0.15, 0.2) is 71.6 Å². The second-order valence-electron chi connectivity index (χ2n) is 7.13. The number of sulfonamides is 1. The summed E-state index contributed by atoms with van der Waals surface area (Å²) in [5, 5.41) is 2.41. The first-order valence-electron chi connectivity index (χ1n) is 10.1. The highest BCUT2D eigenvalue weighted by molar-refractivity contribution is 7.92. The van der Waals surface area contributed by atoms with Gasteiger partial charge in [-0.2, -0.15) is 0 Å². The minimum atomic E-state index is -4.88. The number of anilines is 2. The van der Waals surface area contributed by atoms with E-state index < -0.39 is 40.4 Å². The van der Waals surface area contributed by atoms with Crippen LogP contribution in [0.25, 0.3) is 0 Å². The largest absolute Gasteiger partial charge is 0.573 e.